The summed E-state index contributed by atoms with van der Waals surface area (Å²) in [6, 6.07) is 0. The first-order chi connectivity index (χ1) is 4.68. The van der Waals surface area contributed by atoms with Crippen LogP contribution in [0, 0.1) is 5.92 Å². The van der Waals surface area contributed by atoms with Crippen molar-refractivity contribution in [3.63, 3.8) is 0 Å². The largest absolute Gasteiger partial charge is 0.302 e. The topological polar surface area (TPSA) is 3.24 Å². The van der Waals surface area contributed by atoms with Crippen molar-refractivity contribution in [1.82, 2.24) is 4.90 Å². The zero-order valence-electron chi connectivity index (χ0n) is 6.73. The predicted molar refractivity (Wildman–Crippen MR) is 48.4 cm³/mol. The van der Waals surface area contributed by atoms with Crippen LogP contribution in [-0.2, 0) is 0 Å². The maximum absolute atomic E-state index is 3.62. The number of alkyl halides is 1. The van der Waals surface area contributed by atoms with E-state index >= 15 is 0 Å². The monoisotopic (exact) mass is 204 g/mol. The number of hydrogen-bond donors (Lipinski definition) is 0. The van der Waals surface area contributed by atoms with Gasteiger partial charge in [0.1, 0.15) is 0 Å². The first-order valence-corrected chi connectivity index (χ1v) is 4.75. The number of hydrogen-bond acceptors (Lipinski definition) is 1. The number of halogens is 1. The van der Waals surface area contributed by atoms with Crippen LogP contribution < -0.4 is 0 Å². The van der Waals surface area contributed by atoms with E-state index in [4.69, 9.17) is 0 Å². The van der Waals surface area contributed by atoms with E-state index < -0.39 is 0 Å². The van der Waals surface area contributed by atoms with Crippen LogP contribution in [0.15, 0.2) is 0 Å². The molecular weight excluding hydrogens is 190 g/mol. The Hall–Kier alpha value is 0.440. The van der Waals surface area contributed by atoms with Gasteiger partial charge in [-0.1, -0.05) is 29.8 Å². The molecule has 1 heterocycles. The Kier molecular flexibility index (Phi) is 3.18. The molecule has 1 aliphatic rings. The van der Waals surface area contributed by atoms with Gasteiger partial charge in [-0.25, -0.2) is 0 Å². The minimum absolute atomic E-state index is 0.742. The minimum Gasteiger partial charge on any atom is -0.302 e. The van der Waals surface area contributed by atoms with Gasteiger partial charge >= 0.3 is 0 Å². The molecule has 1 aliphatic heterocycles. The summed E-state index contributed by atoms with van der Waals surface area (Å²) in [5.74, 6) is 1.52. The Bertz CT molecular complexity index is 103. The van der Waals surface area contributed by atoms with Gasteiger partial charge in [0.2, 0.25) is 0 Å². The normalized spacial score (nSPS) is 28.2. The first-order valence-electron chi connectivity index (χ1n) is 3.84. The Morgan fingerprint density at radius 1 is 1.60 bits per heavy atom. The fraction of sp³-hybridized carbons (Fsp3) is 0.875. The van der Waals surface area contributed by atoms with E-state index in [0.717, 1.165) is 4.83 Å². The average Bonchev–Trinajstić information content (AvgIpc) is 2.13. The summed E-state index contributed by atoms with van der Waals surface area (Å²) in [7, 11) is 0. The van der Waals surface area contributed by atoms with Gasteiger partial charge in [0.25, 0.3) is 0 Å². The van der Waals surface area contributed by atoms with Crippen LogP contribution in [0.25, 0.3) is 0 Å². The van der Waals surface area contributed by atoms with Gasteiger partial charge in [0.05, 0.1) is 0 Å². The van der Waals surface area contributed by atoms with Crippen LogP contribution in [0.4, 0.5) is 0 Å². The molecule has 0 aromatic heterocycles. The molecule has 1 unspecified atom stereocenters. The van der Waals surface area contributed by atoms with Gasteiger partial charge in [0.15, 0.2) is 0 Å². The fourth-order valence-corrected chi connectivity index (χ4v) is 1.99. The van der Waals surface area contributed by atoms with Crippen LogP contribution in [0.3, 0.4) is 0 Å². The van der Waals surface area contributed by atoms with Crippen LogP contribution in [-0.4, -0.2) is 29.4 Å². The molecule has 10 heavy (non-hydrogen) atoms. The summed E-state index contributed by atoms with van der Waals surface area (Å²) in [6.45, 7) is 8.07. The number of nitrogens with zero attached hydrogens (tertiary/aromatic N) is 1. The number of rotatable bonds is 2. The minimum atomic E-state index is 0.742. The quantitative estimate of drug-likeness (QED) is 0.624. The molecule has 0 spiro atoms. The van der Waals surface area contributed by atoms with Crippen molar-refractivity contribution in [2.75, 3.05) is 19.6 Å². The van der Waals surface area contributed by atoms with Gasteiger partial charge in [-0.05, 0) is 18.9 Å². The number of likely N-dealkylation sites (tertiary alicyclic amines) is 1. The second kappa shape index (κ2) is 3.72. The summed E-state index contributed by atoms with van der Waals surface area (Å²) in [4.78, 5) is 3.24. The standard InChI is InChI=1S/C8H15BrN/c1-7(2)5-10-4-3-8(9)6-10/h8H,3-6H2,1-2H3. The molecule has 2 heteroatoms. The zero-order chi connectivity index (χ0) is 7.56. The van der Waals surface area contributed by atoms with Crippen molar-refractivity contribution in [1.29, 1.82) is 0 Å². The van der Waals surface area contributed by atoms with Crippen molar-refractivity contribution < 1.29 is 0 Å². The summed E-state index contributed by atoms with van der Waals surface area (Å²) in [5, 5.41) is 0. The Labute approximate surface area is 71.9 Å². The zero-order valence-corrected chi connectivity index (χ0v) is 8.32. The Balaban J connectivity index is 2.18. The second-order valence-electron chi connectivity index (χ2n) is 3.33. The summed E-state index contributed by atoms with van der Waals surface area (Å²) in [5.41, 5.74) is 0. The molecule has 0 N–H and O–H groups in total. The molecule has 59 valence electrons. The van der Waals surface area contributed by atoms with Gasteiger partial charge in [-0.3, -0.25) is 0 Å². The Morgan fingerprint density at radius 2 is 2.30 bits per heavy atom. The molecular formula is C8H15BrN. The molecule has 1 saturated heterocycles. The van der Waals surface area contributed by atoms with E-state index in [1.54, 1.807) is 0 Å². The second-order valence-corrected chi connectivity index (χ2v) is 4.62. The lowest BCUT2D eigenvalue weighted by Gasteiger charge is -2.16. The van der Waals surface area contributed by atoms with Crippen molar-refractivity contribution >= 4 is 15.9 Å². The van der Waals surface area contributed by atoms with Crippen molar-refractivity contribution in [3.05, 3.63) is 5.92 Å². The average molecular weight is 205 g/mol. The molecule has 0 saturated carbocycles. The van der Waals surface area contributed by atoms with Gasteiger partial charge in [-0.15, -0.1) is 0 Å². The van der Waals surface area contributed by atoms with Crippen molar-refractivity contribution in [3.8, 4) is 0 Å². The molecule has 0 aromatic carbocycles. The van der Waals surface area contributed by atoms with Crippen molar-refractivity contribution in [2.45, 2.75) is 25.1 Å². The van der Waals surface area contributed by atoms with E-state index in [1.807, 2.05) is 0 Å². The molecule has 1 rings (SSSR count). The predicted octanol–water partition coefficient (Wildman–Crippen LogP) is 2.07. The van der Waals surface area contributed by atoms with E-state index in [2.05, 4.69) is 34.7 Å². The fourth-order valence-electron chi connectivity index (χ4n) is 1.38. The molecule has 0 aliphatic carbocycles. The van der Waals surface area contributed by atoms with Crippen molar-refractivity contribution in [2.24, 2.45) is 0 Å². The third-order valence-electron chi connectivity index (χ3n) is 1.75. The highest BCUT2D eigenvalue weighted by Crippen LogP contribution is 2.17. The molecule has 1 atom stereocenters. The highest BCUT2D eigenvalue weighted by molar-refractivity contribution is 9.09. The molecule has 1 radical (unpaired) electrons. The van der Waals surface area contributed by atoms with Gasteiger partial charge in [0, 0.05) is 17.9 Å². The Morgan fingerprint density at radius 3 is 2.70 bits per heavy atom. The van der Waals surface area contributed by atoms with Gasteiger partial charge < -0.3 is 4.90 Å². The highest BCUT2D eigenvalue weighted by Gasteiger charge is 2.19. The van der Waals surface area contributed by atoms with E-state index in [0.29, 0.717) is 0 Å². The lowest BCUT2D eigenvalue weighted by atomic mass is 10.2. The van der Waals surface area contributed by atoms with E-state index in [9.17, 15) is 0 Å². The maximum atomic E-state index is 3.62. The van der Waals surface area contributed by atoms with Crippen LogP contribution in [0.5, 0.6) is 0 Å². The van der Waals surface area contributed by atoms with Crippen LogP contribution in [0.1, 0.15) is 20.3 Å². The van der Waals surface area contributed by atoms with Gasteiger partial charge in [-0.2, -0.15) is 0 Å². The van der Waals surface area contributed by atoms with E-state index in [-0.39, 0.29) is 0 Å². The lowest BCUT2D eigenvalue weighted by molar-refractivity contribution is 0.353. The molecule has 0 amide bonds. The van der Waals surface area contributed by atoms with Crippen LogP contribution in [0.2, 0.25) is 0 Å². The summed E-state index contributed by atoms with van der Waals surface area (Å²) >= 11 is 3.62. The maximum Gasteiger partial charge on any atom is 0.0285 e. The molecule has 0 bridgehead atoms. The smallest absolute Gasteiger partial charge is 0.0285 e. The third-order valence-corrected chi connectivity index (χ3v) is 2.50. The molecule has 0 aromatic rings. The molecule has 1 nitrogen and oxygen atoms in total. The van der Waals surface area contributed by atoms with E-state index in [1.165, 1.54) is 32.0 Å². The SMILES string of the molecule is C[C](C)CN1CCC(Br)C1. The highest BCUT2D eigenvalue weighted by atomic mass is 79.9. The summed E-state index contributed by atoms with van der Waals surface area (Å²) < 4.78 is 0. The molecule has 1 fully saturated rings. The first kappa shape index (κ1) is 8.54. The summed E-state index contributed by atoms with van der Waals surface area (Å²) in [6.07, 6.45) is 1.31. The van der Waals surface area contributed by atoms with Crippen LogP contribution >= 0.6 is 15.9 Å². The lowest BCUT2D eigenvalue weighted by Crippen LogP contribution is -2.24. The third kappa shape index (κ3) is 2.59.